The Bertz CT molecular complexity index is 1250. The molecule has 8 heteroatoms. The lowest BCUT2D eigenvalue weighted by Crippen LogP contribution is -2.36. The quantitative estimate of drug-likeness (QED) is 0.470. The van der Waals surface area contributed by atoms with Gasteiger partial charge in [-0.1, -0.05) is 42.0 Å². The zero-order valence-corrected chi connectivity index (χ0v) is 18.4. The molecule has 0 aliphatic heterocycles. The van der Waals surface area contributed by atoms with Gasteiger partial charge >= 0.3 is 11.8 Å². The highest BCUT2D eigenvalue weighted by Crippen LogP contribution is 2.22. The highest BCUT2D eigenvalue weighted by molar-refractivity contribution is 7.15. The second kappa shape index (κ2) is 8.69. The van der Waals surface area contributed by atoms with Crippen molar-refractivity contribution in [3.05, 3.63) is 70.2 Å². The first kappa shape index (κ1) is 20.7. The average molecular weight is 434 g/mol. The van der Waals surface area contributed by atoms with Crippen molar-refractivity contribution in [3.8, 4) is 11.4 Å². The molecule has 0 spiro atoms. The maximum atomic E-state index is 12.3. The smallest absolute Gasteiger partial charge is 0.313 e. The van der Waals surface area contributed by atoms with Crippen molar-refractivity contribution in [3.63, 3.8) is 0 Å². The predicted molar refractivity (Wildman–Crippen MR) is 122 cm³/mol. The third-order valence-corrected chi connectivity index (χ3v) is 5.88. The first-order chi connectivity index (χ1) is 14.9. The monoisotopic (exact) mass is 433 g/mol. The Labute approximate surface area is 184 Å². The van der Waals surface area contributed by atoms with Crippen molar-refractivity contribution in [2.75, 3.05) is 11.9 Å². The van der Waals surface area contributed by atoms with Gasteiger partial charge in [-0.05, 0) is 38.0 Å². The SMILES string of the molecule is Cc1cccc(-c2nc3scc(CCNC(=O)C(=O)Nc4c(C)cccc4C)n3n2)c1. The van der Waals surface area contributed by atoms with Crippen molar-refractivity contribution < 1.29 is 9.59 Å². The summed E-state index contributed by atoms with van der Waals surface area (Å²) in [6.45, 7) is 6.15. The number of aryl methyl sites for hydroxylation is 3. The van der Waals surface area contributed by atoms with E-state index in [-0.39, 0.29) is 0 Å². The fourth-order valence-electron chi connectivity index (χ4n) is 3.37. The summed E-state index contributed by atoms with van der Waals surface area (Å²) >= 11 is 1.50. The first-order valence-electron chi connectivity index (χ1n) is 9.98. The molecule has 0 saturated heterocycles. The first-order valence-corrected chi connectivity index (χ1v) is 10.9. The van der Waals surface area contributed by atoms with E-state index in [1.54, 1.807) is 4.52 Å². The molecule has 0 aliphatic rings. The van der Waals surface area contributed by atoms with E-state index in [4.69, 9.17) is 0 Å². The van der Waals surface area contributed by atoms with Crippen LogP contribution in [-0.4, -0.2) is 33.0 Å². The Hall–Kier alpha value is -3.52. The van der Waals surface area contributed by atoms with E-state index in [2.05, 4.69) is 20.7 Å². The molecule has 0 aliphatic carbocycles. The molecule has 7 nitrogen and oxygen atoms in total. The van der Waals surface area contributed by atoms with Crippen molar-refractivity contribution in [2.45, 2.75) is 27.2 Å². The van der Waals surface area contributed by atoms with Gasteiger partial charge in [-0.25, -0.2) is 4.52 Å². The van der Waals surface area contributed by atoms with Gasteiger partial charge in [0.1, 0.15) is 0 Å². The molecule has 0 fully saturated rings. The highest BCUT2D eigenvalue weighted by atomic mass is 32.1. The molecule has 0 radical (unpaired) electrons. The zero-order valence-electron chi connectivity index (χ0n) is 17.6. The normalized spacial score (nSPS) is 10.9. The fraction of sp³-hybridized carbons (Fsp3) is 0.217. The average Bonchev–Trinajstić information content (AvgIpc) is 3.32. The van der Waals surface area contributed by atoms with Gasteiger partial charge in [0.25, 0.3) is 0 Å². The minimum atomic E-state index is -0.671. The molecule has 4 rings (SSSR count). The Kier molecular flexibility index (Phi) is 5.81. The lowest BCUT2D eigenvalue weighted by molar-refractivity contribution is -0.136. The number of para-hydroxylation sites is 1. The van der Waals surface area contributed by atoms with Crippen LogP contribution in [0, 0.1) is 20.8 Å². The number of hydrogen-bond donors (Lipinski definition) is 2. The topological polar surface area (TPSA) is 88.4 Å². The lowest BCUT2D eigenvalue weighted by Gasteiger charge is -2.11. The van der Waals surface area contributed by atoms with Crippen LogP contribution in [0.15, 0.2) is 47.8 Å². The molecule has 0 saturated carbocycles. The Morgan fingerprint density at radius 2 is 1.77 bits per heavy atom. The molecule has 158 valence electrons. The Morgan fingerprint density at radius 1 is 1.03 bits per heavy atom. The zero-order chi connectivity index (χ0) is 22.0. The molecule has 0 atom stereocenters. The molecular weight excluding hydrogens is 410 g/mol. The number of anilines is 1. The van der Waals surface area contributed by atoms with Crippen LogP contribution < -0.4 is 10.6 Å². The van der Waals surface area contributed by atoms with Crippen LogP contribution in [0.4, 0.5) is 5.69 Å². The number of thiazole rings is 1. The van der Waals surface area contributed by atoms with Gasteiger partial charge in [0.05, 0.1) is 5.69 Å². The number of nitrogens with one attached hydrogen (secondary N) is 2. The number of carbonyl (C=O) groups is 2. The van der Waals surface area contributed by atoms with E-state index in [1.165, 1.54) is 11.3 Å². The summed E-state index contributed by atoms with van der Waals surface area (Å²) in [7, 11) is 0. The van der Waals surface area contributed by atoms with E-state index in [9.17, 15) is 9.59 Å². The molecule has 2 aromatic carbocycles. The maximum Gasteiger partial charge on any atom is 0.313 e. The lowest BCUT2D eigenvalue weighted by atomic mass is 10.1. The van der Waals surface area contributed by atoms with Crippen molar-refractivity contribution in [2.24, 2.45) is 0 Å². The standard InChI is InChI=1S/C23H23N5O2S/c1-14-6-4-9-17(12-14)20-26-23-28(27-20)18(13-31-23)10-11-24-21(29)22(30)25-19-15(2)7-5-8-16(19)3/h4-9,12-13H,10-11H2,1-3H3,(H,24,29)(H,25,30). The summed E-state index contributed by atoms with van der Waals surface area (Å²) < 4.78 is 1.80. The maximum absolute atomic E-state index is 12.3. The Balaban J connectivity index is 1.38. The van der Waals surface area contributed by atoms with Crippen LogP contribution in [-0.2, 0) is 16.0 Å². The van der Waals surface area contributed by atoms with Gasteiger partial charge in [-0.15, -0.1) is 16.4 Å². The molecular formula is C23H23N5O2S. The van der Waals surface area contributed by atoms with Gasteiger partial charge in [-0.3, -0.25) is 9.59 Å². The predicted octanol–water partition coefficient (Wildman–Crippen LogP) is 3.68. The highest BCUT2D eigenvalue weighted by Gasteiger charge is 2.16. The van der Waals surface area contributed by atoms with Crippen LogP contribution in [0.3, 0.4) is 0 Å². The number of aromatic nitrogens is 3. The van der Waals surface area contributed by atoms with E-state index in [0.717, 1.165) is 32.9 Å². The molecule has 31 heavy (non-hydrogen) atoms. The molecule has 0 unspecified atom stereocenters. The molecule has 2 N–H and O–H groups in total. The van der Waals surface area contributed by atoms with E-state index in [0.29, 0.717) is 24.5 Å². The number of nitrogens with zero attached hydrogens (tertiary/aromatic N) is 3. The third kappa shape index (κ3) is 4.49. The largest absolute Gasteiger partial charge is 0.347 e. The molecule has 2 aromatic heterocycles. The van der Waals surface area contributed by atoms with Gasteiger partial charge in [-0.2, -0.15) is 4.98 Å². The van der Waals surface area contributed by atoms with E-state index < -0.39 is 11.8 Å². The van der Waals surface area contributed by atoms with Crippen molar-refractivity contribution >= 4 is 33.8 Å². The van der Waals surface area contributed by atoms with Gasteiger partial charge in [0.15, 0.2) is 5.82 Å². The number of amides is 2. The van der Waals surface area contributed by atoms with Crippen molar-refractivity contribution in [1.82, 2.24) is 19.9 Å². The number of carbonyl (C=O) groups excluding carboxylic acids is 2. The minimum Gasteiger partial charge on any atom is -0.347 e. The van der Waals surface area contributed by atoms with Crippen LogP contribution >= 0.6 is 11.3 Å². The number of hydrogen-bond acceptors (Lipinski definition) is 5. The second-order valence-electron chi connectivity index (χ2n) is 7.45. The van der Waals surface area contributed by atoms with Crippen LogP contribution in [0.5, 0.6) is 0 Å². The molecule has 2 heterocycles. The summed E-state index contributed by atoms with van der Waals surface area (Å²) in [5.74, 6) is -0.655. The summed E-state index contributed by atoms with van der Waals surface area (Å²) in [6.07, 6.45) is 0.541. The summed E-state index contributed by atoms with van der Waals surface area (Å²) in [4.78, 5) is 29.9. The molecule has 0 bridgehead atoms. The summed E-state index contributed by atoms with van der Waals surface area (Å²) in [5.41, 5.74) is 5.56. The van der Waals surface area contributed by atoms with Gasteiger partial charge in [0, 0.05) is 29.6 Å². The van der Waals surface area contributed by atoms with Crippen LogP contribution in [0.25, 0.3) is 16.3 Å². The van der Waals surface area contributed by atoms with Crippen LogP contribution in [0.1, 0.15) is 22.4 Å². The number of fused-ring (bicyclic) bond motifs is 1. The van der Waals surface area contributed by atoms with Gasteiger partial charge in [0.2, 0.25) is 4.96 Å². The Morgan fingerprint density at radius 3 is 2.52 bits per heavy atom. The molecule has 4 aromatic rings. The number of rotatable bonds is 5. The molecule has 2 amide bonds. The van der Waals surface area contributed by atoms with Crippen LogP contribution in [0.2, 0.25) is 0 Å². The second-order valence-corrected chi connectivity index (χ2v) is 8.29. The number of benzene rings is 2. The van der Waals surface area contributed by atoms with E-state index in [1.807, 2.05) is 68.6 Å². The van der Waals surface area contributed by atoms with Crippen molar-refractivity contribution in [1.29, 1.82) is 0 Å². The summed E-state index contributed by atoms with van der Waals surface area (Å²) in [5, 5.41) is 12.0. The van der Waals surface area contributed by atoms with Gasteiger partial charge < -0.3 is 10.6 Å². The minimum absolute atomic E-state index is 0.324. The summed E-state index contributed by atoms with van der Waals surface area (Å²) in [6, 6.07) is 13.8. The van der Waals surface area contributed by atoms with E-state index >= 15 is 0 Å². The third-order valence-electron chi connectivity index (χ3n) is 5.02. The fourth-order valence-corrected chi connectivity index (χ4v) is 4.23.